The van der Waals surface area contributed by atoms with E-state index in [1.165, 1.54) is 6.07 Å². The van der Waals surface area contributed by atoms with Crippen molar-refractivity contribution in [3.05, 3.63) is 28.2 Å². The predicted octanol–water partition coefficient (Wildman–Crippen LogP) is 2.70. The lowest BCUT2D eigenvalue weighted by Gasteiger charge is -2.06. The number of hydrogen-bond acceptors (Lipinski definition) is 3. The molecular weight excluding hydrogens is 298 g/mol. The van der Waals surface area contributed by atoms with E-state index in [0.29, 0.717) is 16.6 Å². The molecule has 1 amide bonds. The molecule has 0 bridgehead atoms. The van der Waals surface area contributed by atoms with E-state index in [1.54, 1.807) is 19.2 Å². The molecule has 5 heteroatoms. The second-order valence-corrected chi connectivity index (χ2v) is 4.83. The van der Waals surface area contributed by atoms with Crippen molar-refractivity contribution in [2.75, 3.05) is 20.3 Å². The zero-order chi connectivity index (χ0) is 13.4. The molecule has 0 fully saturated rings. The molecule has 0 aliphatic heterocycles. The lowest BCUT2D eigenvalue weighted by molar-refractivity contribution is 0.0952. The van der Waals surface area contributed by atoms with Crippen LogP contribution in [0, 0.1) is 0 Å². The van der Waals surface area contributed by atoms with Crippen LogP contribution in [0.3, 0.4) is 0 Å². The van der Waals surface area contributed by atoms with E-state index in [0.717, 1.165) is 25.9 Å². The monoisotopic (exact) mass is 315 g/mol. The Morgan fingerprint density at radius 2 is 2.17 bits per heavy atom. The van der Waals surface area contributed by atoms with Crippen molar-refractivity contribution in [1.29, 1.82) is 0 Å². The van der Waals surface area contributed by atoms with E-state index in [2.05, 4.69) is 21.2 Å². The second kappa shape index (κ2) is 8.11. The molecule has 0 aromatic heterocycles. The molecule has 0 aliphatic rings. The number of amides is 1. The number of carbonyl (C=O) groups is 1. The Bertz CT molecular complexity index is 396. The molecule has 100 valence electrons. The first-order valence-corrected chi connectivity index (χ1v) is 6.70. The van der Waals surface area contributed by atoms with Crippen molar-refractivity contribution >= 4 is 21.8 Å². The molecule has 0 saturated carbocycles. The van der Waals surface area contributed by atoms with E-state index >= 15 is 0 Å². The summed E-state index contributed by atoms with van der Waals surface area (Å²) in [5.74, 6) is -0.0905. The van der Waals surface area contributed by atoms with E-state index in [4.69, 9.17) is 4.74 Å². The minimum atomic E-state index is -0.162. The third-order valence-corrected chi connectivity index (χ3v) is 3.19. The largest absolute Gasteiger partial charge is 0.507 e. The smallest absolute Gasteiger partial charge is 0.251 e. The van der Waals surface area contributed by atoms with Gasteiger partial charge in [-0.25, -0.2) is 0 Å². The molecule has 0 radical (unpaired) electrons. The highest BCUT2D eigenvalue weighted by molar-refractivity contribution is 9.10. The van der Waals surface area contributed by atoms with Crippen molar-refractivity contribution in [3.8, 4) is 5.75 Å². The van der Waals surface area contributed by atoms with Gasteiger partial charge in [-0.3, -0.25) is 4.79 Å². The van der Waals surface area contributed by atoms with Crippen LogP contribution in [0.4, 0.5) is 0 Å². The topological polar surface area (TPSA) is 58.6 Å². The number of phenols is 1. The summed E-state index contributed by atoms with van der Waals surface area (Å²) in [6.45, 7) is 1.40. The number of methoxy groups -OCH3 is 1. The number of ether oxygens (including phenoxy) is 1. The number of carbonyl (C=O) groups excluding carboxylic acids is 1. The number of benzene rings is 1. The third-order valence-electron chi connectivity index (χ3n) is 2.52. The highest BCUT2D eigenvalue weighted by Crippen LogP contribution is 2.24. The summed E-state index contributed by atoms with van der Waals surface area (Å²) >= 11 is 3.17. The minimum Gasteiger partial charge on any atom is -0.507 e. The highest BCUT2D eigenvalue weighted by atomic mass is 79.9. The lowest BCUT2D eigenvalue weighted by atomic mass is 10.2. The zero-order valence-electron chi connectivity index (χ0n) is 10.4. The van der Waals surface area contributed by atoms with E-state index < -0.39 is 0 Å². The number of aromatic hydroxyl groups is 1. The van der Waals surface area contributed by atoms with E-state index in [-0.39, 0.29) is 11.7 Å². The Hall–Kier alpha value is -1.07. The van der Waals surface area contributed by atoms with Gasteiger partial charge in [0.2, 0.25) is 0 Å². The maximum absolute atomic E-state index is 11.7. The van der Waals surface area contributed by atoms with Gasteiger partial charge in [0.15, 0.2) is 0 Å². The third kappa shape index (κ3) is 5.06. The van der Waals surface area contributed by atoms with Crippen molar-refractivity contribution in [1.82, 2.24) is 5.32 Å². The molecule has 0 aliphatic carbocycles. The summed E-state index contributed by atoms with van der Waals surface area (Å²) in [4.78, 5) is 11.7. The molecule has 0 saturated heterocycles. The van der Waals surface area contributed by atoms with Crippen molar-refractivity contribution in [2.45, 2.75) is 19.3 Å². The quantitative estimate of drug-likeness (QED) is 0.761. The molecule has 18 heavy (non-hydrogen) atoms. The van der Waals surface area contributed by atoms with Crippen LogP contribution in [0.25, 0.3) is 0 Å². The van der Waals surface area contributed by atoms with Gasteiger partial charge in [-0.2, -0.15) is 0 Å². The summed E-state index contributed by atoms with van der Waals surface area (Å²) in [5.41, 5.74) is 0.465. The van der Waals surface area contributed by atoms with Gasteiger partial charge in [-0.05, 0) is 53.4 Å². The minimum absolute atomic E-state index is 0.0720. The summed E-state index contributed by atoms with van der Waals surface area (Å²) < 4.78 is 5.53. The molecule has 0 heterocycles. The van der Waals surface area contributed by atoms with Gasteiger partial charge in [0.1, 0.15) is 5.75 Å². The molecule has 0 unspecified atom stereocenters. The highest BCUT2D eigenvalue weighted by Gasteiger charge is 2.07. The normalized spacial score (nSPS) is 10.3. The molecule has 0 spiro atoms. The fourth-order valence-corrected chi connectivity index (χ4v) is 1.75. The molecule has 0 atom stereocenters. The van der Waals surface area contributed by atoms with Gasteiger partial charge < -0.3 is 15.2 Å². The van der Waals surface area contributed by atoms with Gasteiger partial charge in [0.05, 0.1) is 4.47 Å². The molecule has 1 rings (SSSR count). The Labute approximate surface area is 115 Å². The SMILES string of the molecule is COCCCCCNC(=O)c1ccc(Br)c(O)c1. The number of nitrogens with one attached hydrogen (secondary N) is 1. The number of phenolic OH excluding ortho intramolecular Hbond substituents is 1. The van der Waals surface area contributed by atoms with Crippen molar-refractivity contribution < 1.29 is 14.6 Å². The van der Waals surface area contributed by atoms with Crippen LogP contribution in [-0.4, -0.2) is 31.3 Å². The second-order valence-electron chi connectivity index (χ2n) is 3.98. The summed E-state index contributed by atoms with van der Waals surface area (Å²) in [6, 6.07) is 4.78. The molecule has 1 aromatic rings. The van der Waals surface area contributed by atoms with Crippen LogP contribution >= 0.6 is 15.9 Å². The van der Waals surface area contributed by atoms with Gasteiger partial charge in [-0.1, -0.05) is 0 Å². The Balaban J connectivity index is 2.30. The fraction of sp³-hybridized carbons (Fsp3) is 0.462. The van der Waals surface area contributed by atoms with E-state index in [1.807, 2.05) is 0 Å². The van der Waals surface area contributed by atoms with Crippen LogP contribution in [-0.2, 0) is 4.74 Å². The molecular formula is C13H18BrNO3. The van der Waals surface area contributed by atoms with Gasteiger partial charge in [0, 0.05) is 25.8 Å². The lowest BCUT2D eigenvalue weighted by Crippen LogP contribution is -2.24. The first-order valence-electron chi connectivity index (χ1n) is 5.91. The predicted molar refractivity (Wildman–Crippen MR) is 73.9 cm³/mol. The number of halogens is 1. The summed E-state index contributed by atoms with van der Waals surface area (Å²) in [5, 5.41) is 12.3. The van der Waals surface area contributed by atoms with Crippen LogP contribution < -0.4 is 5.32 Å². The maximum Gasteiger partial charge on any atom is 0.251 e. The average molecular weight is 316 g/mol. The summed E-state index contributed by atoms with van der Waals surface area (Å²) in [6.07, 6.45) is 2.96. The van der Waals surface area contributed by atoms with Crippen LogP contribution in [0.15, 0.2) is 22.7 Å². The Kier molecular flexibility index (Phi) is 6.75. The zero-order valence-corrected chi connectivity index (χ0v) is 12.0. The van der Waals surface area contributed by atoms with Crippen molar-refractivity contribution in [2.24, 2.45) is 0 Å². The van der Waals surface area contributed by atoms with E-state index in [9.17, 15) is 9.90 Å². The van der Waals surface area contributed by atoms with Crippen LogP contribution in [0.5, 0.6) is 5.75 Å². The molecule has 1 aromatic carbocycles. The van der Waals surface area contributed by atoms with Crippen LogP contribution in [0.2, 0.25) is 0 Å². The molecule has 4 nitrogen and oxygen atoms in total. The fourth-order valence-electron chi connectivity index (χ4n) is 1.51. The number of hydrogen-bond donors (Lipinski definition) is 2. The summed E-state index contributed by atoms with van der Waals surface area (Å²) in [7, 11) is 1.68. The first-order chi connectivity index (χ1) is 8.65. The number of unbranched alkanes of at least 4 members (excludes halogenated alkanes) is 2. The van der Waals surface area contributed by atoms with Crippen molar-refractivity contribution in [3.63, 3.8) is 0 Å². The van der Waals surface area contributed by atoms with Gasteiger partial charge in [-0.15, -0.1) is 0 Å². The van der Waals surface area contributed by atoms with Gasteiger partial charge in [0.25, 0.3) is 5.91 Å². The van der Waals surface area contributed by atoms with Gasteiger partial charge >= 0.3 is 0 Å². The van der Waals surface area contributed by atoms with Crippen LogP contribution in [0.1, 0.15) is 29.6 Å². The standard InChI is InChI=1S/C13H18BrNO3/c1-18-8-4-2-3-7-15-13(17)10-5-6-11(14)12(16)9-10/h5-6,9,16H,2-4,7-8H2,1H3,(H,15,17). The molecule has 2 N–H and O–H groups in total. The average Bonchev–Trinajstić information content (AvgIpc) is 2.36. The first kappa shape index (κ1) is 15.0. The number of rotatable bonds is 7. The Morgan fingerprint density at radius 3 is 2.83 bits per heavy atom. The maximum atomic E-state index is 11.7. The Morgan fingerprint density at radius 1 is 1.39 bits per heavy atom.